The first-order chi connectivity index (χ1) is 9.95. The van der Waals surface area contributed by atoms with E-state index in [1.165, 1.54) is 24.0 Å². The SMILES string of the molecule is CCNCC1(Cc2ccc(C(C)(C)C)cc2)CCOCC1. The lowest BCUT2D eigenvalue weighted by Gasteiger charge is -2.37. The maximum absolute atomic E-state index is 5.58. The second-order valence-corrected chi connectivity index (χ2v) is 7.52. The van der Waals surface area contributed by atoms with E-state index < -0.39 is 0 Å². The van der Waals surface area contributed by atoms with Gasteiger partial charge >= 0.3 is 0 Å². The van der Waals surface area contributed by atoms with Crippen molar-refractivity contribution in [1.82, 2.24) is 5.32 Å². The molecule has 0 radical (unpaired) electrons. The van der Waals surface area contributed by atoms with Crippen LogP contribution >= 0.6 is 0 Å². The van der Waals surface area contributed by atoms with Crippen molar-refractivity contribution in [2.45, 2.75) is 52.4 Å². The van der Waals surface area contributed by atoms with Crippen LogP contribution in [-0.4, -0.2) is 26.3 Å². The number of ether oxygens (including phenoxy) is 1. The van der Waals surface area contributed by atoms with Gasteiger partial charge in [0.15, 0.2) is 0 Å². The summed E-state index contributed by atoms with van der Waals surface area (Å²) in [6.07, 6.45) is 3.50. The molecule has 1 aliphatic heterocycles. The Labute approximate surface area is 130 Å². The number of hydrogen-bond acceptors (Lipinski definition) is 2. The molecule has 1 saturated heterocycles. The van der Waals surface area contributed by atoms with Crippen molar-refractivity contribution < 1.29 is 4.74 Å². The summed E-state index contributed by atoms with van der Waals surface area (Å²) in [5.74, 6) is 0. The second-order valence-electron chi connectivity index (χ2n) is 7.52. The van der Waals surface area contributed by atoms with Crippen LogP contribution in [-0.2, 0) is 16.6 Å². The molecule has 21 heavy (non-hydrogen) atoms. The van der Waals surface area contributed by atoms with Gasteiger partial charge in [-0.25, -0.2) is 0 Å². The molecule has 1 aromatic rings. The monoisotopic (exact) mass is 289 g/mol. The van der Waals surface area contributed by atoms with Crippen LogP contribution in [0.4, 0.5) is 0 Å². The Bertz CT molecular complexity index is 424. The largest absolute Gasteiger partial charge is 0.381 e. The summed E-state index contributed by atoms with van der Waals surface area (Å²) in [6.45, 7) is 13.0. The normalized spacial score (nSPS) is 18.7. The molecule has 0 bridgehead atoms. The van der Waals surface area contributed by atoms with Crippen molar-refractivity contribution in [3.63, 3.8) is 0 Å². The zero-order valence-electron chi connectivity index (χ0n) is 14.2. The van der Waals surface area contributed by atoms with E-state index in [9.17, 15) is 0 Å². The van der Waals surface area contributed by atoms with Crippen LogP contribution in [0.25, 0.3) is 0 Å². The summed E-state index contributed by atoms with van der Waals surface area (Å²) in [7, 11) is 0. The quantitative estimate of drug-likeness (QED) is 0.886. The Hall–Kier alpha value is -0.860. The van der Waals surface area contributed by atoms with Crippen LogP contribution in [0.2, 0.25) is 0 Å². The molecule has 1 aromatic carbocycles. The van der Waals surface area contributed by atoms with E-state index in [1.54, 1.807) is 0 Å². The number of hydrogen-bond donors (Lipinski definition) is 1. The van der Waals surface area contributed by atoms with Crippen LogP contribution in [0.5, 0.6) is 0 Å². The number of benzene rings is 1. The molecule has 0 amide bonds. The van der Waals surface area contributed by atoms with Crippen LogP contribution in [0.1, 0.15) is 51.7 Å². The Kier molecular flexibility index (Phi) is 5.45. The zero-order chi connectivity index (χ0) is 15.3. The summed E-state index contributed by atoms with van der Waals surface area (Å²) in [4.78, 5) is 0. The van der Waals surface area contributed by atoms with Gasteiger partial charge in [-0.05, 0) is 47.8 Å². The van der Waals surface area contributed by atoms with Gasteiger partial charge in [-0.15, -0.1) is 0 Å². The Balaban J connectivity index is 2.09. The third-order valence-corrected chi connectivity index (χ3v) is 4.70. The number of nitrogens with one attached hydrogen (secondary N) is 1. The van der Waals surface area contributed by atoms with Gasteiger partial charge in [0.25, 0.3) is 0 Å². The Morgan fingerprint density at radius 3 is 2.24 bits per heavy atom. The zero-order valence-corrected chi connectivity index (χ0v) is 14.2. The molecule has 0 unspecified atom stereocenters. The average Bonchev–Trinajstić information content (AvgIpc) is 2.46. The number of rotatable bonds is 5. The summed E-state index contributed by atoms with van der Waals surface area (Å²) in [5, 5.41) is 3.56. The molecule has 2 nitrogen and oxygen atoms in total. The predicted molar refractivity (Wildman–Crippen MR) is 89.9 cm³/mol. The highest BCUT2D eigenvalue weighted by molar-refractivity contribution is 5.28. The van der Waals surface area contributed by atoms with E-state index in [1.807, 2.05) is 0 Å². The van der Waals surface area contributed by atoms with Gasteiger partial charge in [-0.3, -0.25) is 0 Å². The second kappa shape index (κ2) is 6.93. The van der Waals surface area contributed by atoms with Crippen molar-refractivity contribution in [2.75, 3.05) is 26.3 Å². The Morgan fingerprint density at radius 2 is 1.71 bits per heavy atom. The maximum Gasteiger partial charge on any atom is 0.0471 e. The Morgan fingerprint density at radius 1 is 1.10 bits per heavy atom. The fourth-order valence-corrected chi connectivity index (χ4v) is 3.17. The van der Waals surface area contributed by atoms with Gasteiger partial charge in [0.05, 0.1) is 0 Å². The summed E-state index contributed by atoms with van der Waals surface area (Å²) in [5.41, 5.74) is 3.48. The lowest BCUT2D eigenvalue weighted by atomic mass is 9.74. The average molecular weight is 289 g/mol. The first-order valence-electron chi connectivity index (χ1n) is 8.33. The molecule has 2 heteroatoms. The summed E-state index contributed by atoms with van der Waals surface area (Å²) < 4.78 is 5.58. The van der Waals surface area contributed by atoms with Crippen molar-refractivity contribution in [3.8, 4) is 0 Å². The molecular weight excluding hydrogens is 258 g/mol. The van der Waals surface area contributed by atoms with E-state index in [0.29, 0.717) is 5.41 Å². The van der Waals surface area contributed by atoms with Gasteiger partial charge < -0.3 is 10.1 Å². The third-order valence-electron chi connectivity index (χ3n) is 4.70. The molecule has 2 rings (SSSR count). The highest BCUT2D eigenvalue weighted by Crippen LogP contribution is 2.34. The van der Waals surface area contributed by atoms with Crippen molar-refractivity contribution in [2.24, 2.45) is 5.41 Å². The highest BCUT2D eigenvalue weighted by atomic mass is 16.5. The molecule has 0 atom stereocenters. The molecule has 0 aliphatic carbocycles. The van der Waals surface area contributed by atoms with Crippen LogP contribution in [0, 0.1) is 5.41 Å². The van der Waals surface area contributed by atoms with Gasteiger partial charge in [-0.1, -0.05) is 52.0 Å². The first-order valence-corrected chi connectivity index (χ1v) is 8.33. The molecule has 1 aliphatic rings. The van der Waals surface area contributed by atoms with E-state index >= 15 is 0 Å². The van der Waals surface area contributed by atoms with Gasteiger partial charge in [0.2, 0.25) is 0 Å². The molecular formula is C19H31NO. The molecule has 1 heterocycles. The van der Waals surface area contributed by atoms with Crippen molar-refractivity contribution in [1.29, 1.82) is 0 Å². The standard InChI is InChI=1S/C19H31NO/c1-5-20-15-19(10-12-21-13-11-19)14-16-6-8-17(9-7-16)18(2,3)4/h6-9,20H,5,10-15H2,1-4H3. The van der Waals surface area contributed by atoms with E-state index in [-0.39, 0.29) is 5.41 Å². The van der Waals surface area contributed by atoms with Crippen molar-refractivity contribution in [3.05, 3.63) is 35.4 Å². The third kappa shape index (κ3) is 4.55. The van der Waals surface area contributed by atoms with E-state index in [4.69, 9.17) is 4.74 Å². The van der Waals surface area contributed by atoms with Crippen LogP contribution in [0.15, 0.2) is 24.3 Å². The van der Waals surface area contributed by atoms with E-state index in [0.717, 1.165) is 32.7 Å². The van der Waals surface area contributed by atoms with Gasteiger partial charge in [0, 0.05) is 19.8 Å². The summed E-state index contributed by atoms with van der Waals surface area (Å²) >= 11 is 0. The smallest absolute Gasteiger partial charge is 0.0471 e. The molecule has 1 fully saturated rings. The topological polar surface area (TPSA) is 21.3 Å². The predicted octanol–water partition coefficient (Wildman–Crippen LogP) is 3.93. The minimum Gasteiger partial charge on any atom is -0.381 e. The maximum atomic E-state index is 5.58. The lowest BCUT2D eigenvalue weighted by Crippen LogP contribution is -2.40. The van der Waals surface area contributed by atoms with Crippen molar-refractivity contribution >= 4 is 0 Å². The van der Waals surface area contributed by atoms with Crippen LogP contribution < -0.4 is 5.32 Å². The molecule has 0 saturated carbocycles. The summed E-state index contributed by atoms with van der Waals surface area (Å²) in [6, 6.07) is 9.25. The van der Waals surface area contributed by atoms with Gasteiger partial charge in [0.1, 0.15) is 0 Å². The van der Waals surface area contributed by atoms with Crippen LogP contribution in [0.3, 0.4) is 0 Å². The minimum absolute atomic E-state index is 0.235. The fraction of sp³-hybridized carbons (Fsp3) is 0.684. The molecule has 0 spiro atoms. The fourth-order valence-electron chi connectivity index (χ4n) is 3.17. The minimum atomic E-state index is 0.235. The molecule has 0 aromatic heterocycles. The van der Waals surface area contributed by atoms with E-state index in [2.05, 4.69) is 57.3 Å². The van der Waals surface area contributed by atoms with Gasteiger partial charge in [-0.2, -0.15) is 0 Å². The molecule has 1 N–H and O–H groups in total. The molecule has 118 valence electrons. The highest BCUT2D eigenvalue weighted by Gasteiger charge is 2.32. The lowest BCUT2D eigenvalue weighted by molar-refractivity contribution is 0.0152. The first kappa shape index (κ1) is 16.5.